The predicted molar refractivity (Wildman–Crippen MR) is 194 cm³/mol. The number of carbonyl (C=O) groups excluding carboxylic acids is 2. The number of pyridine rings is 1. The van der Waals surface area contributed by atoms with Crippen LogP contribution in [0.3, 0.4) is 0 Å². The van der Waals surface area contributed by atoms with Crippen LogP contribution >= 0.6 is 23.1 Å². The molecular formula is C38H32FN5O5S2. The average Bonchev–Trinajstić information content (AvgIpc) is 3.82. The number of anilines is 1. The molecule has 1 aliphatic heterocycles. The zero-order valence-corrected chi connectivity index (χ0v) is 29.5. The molecule has 4 heterocycles. The zero-order valence-electron chi connectivity index (χ0n) is 27.9. The average molecular weight is 722 g/mol. The lowest BCUT2D eigenvalue weighted by molar-refractivity contribution is -0.132. The maximum Gasteiger partial charge on any atom is 0.301 e. The fourth-order valence-corrected chi connectivity index (χ4v) is 7.74. The highest BCUT2D eigenvalue weighted by Gasteiger charge is 2.49. The molecule has 0 radical (unpaired) electrons. The van der Waals surface area contributed by atoms with Gasteiger partial charge in [-0.15, -0.1) is 10.2 Å². The molecule has 1 N–H and O–H groups in total. The van der Waals surface area contributed by atoms with Crippen molar-refractivity contribution in [2.45, 2.75) is 43.5 Å². The number of ketones is 1. The number of halogens is 1. The van der Waals surface area contributed by atoms with Crippen molar-refractivity contribution in [3.63, 3.8) is 0 Å². The lowest BCUT2D eigenvalue weighted by Crippen LogP contribution is -2.29. The van der Waals surface area contributed by atoms with Gasteiger partial charge >= 0.3 is 5.91 Å². The number of aromatic nitrogens is 4. The van der Waals surface area contributed by atoms with E-state index < -0.39 is 23.5 Å². The second-order valence-electron chi connectivity index (χ2n) is 11.8. The van der Waals surface area contributed by atoms with Gasteiger partial charge in [0.05, 0.1) is 23.9 Å². The molecule has 1 aliphatic rings. The van der Waals surface area contributed by atoms with Crippen LogP contribution in [0.4, 0.5) is 9.52 Å². The first kappa shape index (κ1) is 33.9. The second kappa shape index (κ2) is 14.4. The summed E-state index contributed by atoms with van der Waals surface area (Å²) in [6.07, 6.45) is 1.83. The molecule has 0 saturated carbocycles. The summed E-state index contributed by atoms with van der Waals surface area (Å²) in [5, 5.41) is 20.7. The van der Waals surface area contributed by atoms with Crippen LogP contribution < -0.4 is 14.4 Å². The van der Waals surface area contributed by atoms with Crippen molar-refractivity contribution < 1.29 is 28.6 Å². The Labute approximate surface area is 301 Å². The maximum atomic E-state index is 14.0. The van der Waals surface area contributed by atoms with E-state index in [1.807, 2.05) is 66.9 Å². The van der Waals surface area contributed by atoms with Gasteiger partial charge in [-0.2, -0.15) is 0 Å². The summed E-state index contributed by atoms with van der Waals surface area (Å²) in [5.41, 5.74) is 4.49. The number of aliphatic hydroxyl groups is 1. The molecule has 13 heteroatoms. The van der Waals surface area contributed by atoms with E-state index in [0.29, 0.717) is 51.7 Å². The molecule has 1 amide bonds. The normalized spacial score (nSPS) is 15.5. The summed E-state index contributed by atoms with van der Waals surface area (Å²) in [4.78, 5) is 33.9. The summed E-state index contributed by atoms with van der Waals surface area (Å²) in [7, 11) is 0. The molecule has 7 rings (SSSR count). The number of fused-ring (bicyclic) bond motifs is 1. The summed E-state index contributed by atoms with van der Waals surface area (Å²) in [5.74, 6) is -1.11. The Kier molecular flexibility index (Phi) is 9.56. The van der Waals surface area contributed by atoms with E-state index in [9.17, 15) is 19.1 Å². The van der Waals surface area contributed by atoms with Crippen LogP contribution in [0.25, 0.3) is 11.4 Å². The molecule has 0 aliphatic carbocycles. The van der Waals surface area contributed by atoms with E-state index in [1.54, 1.807) is 37.3 Å². The zero-order chi connectivity index (χ0) is 35.6. The van der Waals surface area contributed by atoms with E-state index in [1.165, 1.54) is 28.8 Å². The molecule has 258 valence electrons. The van der Waals surface area contributed by atoms with Crippen LogP contribution in [0.2, 0.25) is 0 Å². The number of nitrogens with zero attached hydrogens (tertiary/aromatic N) is 5. The van der Waals surface area contributed by atoms with Crippen LogP contribution in [0, 0.1) is 19.7 Å². The van der Waals surface area contributed by atoms with Gasteiger partial charge in [0.1, 0.15) is 23.8 Å². The number of aliphatic hydroxyl groups excluding tert-OH is 1. The first-order valence-corrected chi connectivity index (χ1v) is 17.9. The maximum absolute atomic E-state index is 14.0. The molecule has 0 spiro atoms. The van der Waals surface area contributed by atoms with Gasteiger partial charge < -0.3 is 19.0 Å². The summed E-state index contributed by atoms with van der Waals surface area (Å²) in [6, 6.07) is 23.7. The van der Waals surface area contributed by atoms with Crippen molar-refractivity contribution in [1.29, 1.82) is 0 Å². The lowest BCUT2D eigenvalue weighted by atomic mass is 9.96. The van der Waals surface area contributed by atoms with Crippen molar-refractivity contribution in [1.82, 2.24) is 19.6 Å². The lowest BCUT2D eigenvalue weighted by Gasteiger charge is -2.23. The molecule has 1 atom stereocenters. The number of hydrogen-bond acceptors (Lipinski definition) is 10. The number of Topliss-reactive ketones (excluding diaryl/α,β-unsaturated/α-hetero) is 1. The van der Waals surface area contributed by atoms with Crippen LogP contribution in [-0.2, 0) is 21.9 Å². The Bertz CT molecular complexity index is 2290. The number of hydrogen-bond donors (Lipinski definition) is 1. The third-order valence-electron chi connectivity index (χ3n) is 8.45. The minimum Gasteiger partial charge on any atom is -0.505 e. The molecule has 1 saturated heterocycles. The first-order valence-electron chi connectivity index (χ1n) is 16.1. The highest BCUT2D eigenvalue weighted by molar-refractivity contribution is 8.00. The van der Waals surface area contributed by atoms with Gasteiger partial charge in [0.25, 0.3) is 5.78 Å². The van der Waals surface area contributed by atoms with Gasteiger partial charge in [0, 0.05) is 11.9 Å². The van der Waals surface area contributed by atoms with Crippen molar-refractivity contribution >= 4 is 51.3 Å². The molecule has 51 heavy (non-hydrogen) atoms. The molecular weight excluding hydrogens is 690 g/mol. The van der Waals surface area contributed by atoms with E-state index in [-0.39, 0.29) is 22.2 Å². The largest absolute Gasteiger partial charge is 0.505 e. The van der Waals surface area contributed by atoms with Gasteiger partial charge in [-0.25, -0.2) is 9.37 Å². The van der Waals surface area contributed by atoms with Crippen LogP contribution in [0.1, 0.15) is 46.6 Å². The Balaban J connectivity index is 1.31. The van der Waals surface area contributed by atoms with Crippen LogP contribution in [0.15, 0.2) is 101 Å². The second-order valence-corrected chi connectivity index (χ2v) is 14.0. The smallest absolute Gasteiger partial charge is 0.301 e. The Morgan fingerprint density at radius 2 is 1.73 bits per heavy atom. The number of carbonyl (C=O) groups is 2. The Morgan fingerprint density at radius 1 is 0.941 bits per heavy atom. The minimum atomic E-state index is -1.10. The minimum absolute atomic E-state index is 0.139. The highest BCUT2D eigenvalue weighted by atomic mass is 32.2. The van der Waals surface area contributed by atoms with Crippen molar-refractivity contribution in [2.24, 2.45) is 0 Å². The van der Waals surface area contributed by atoms with E-state index in [4.69, 9.17) is 14.5 Å². The SMILES string of the molecule is CCOc1cc(C2C(=C(O)c3nc4c(C)cccn4c3C)C(=O)C(=O)N2c2nnc(SCc3ccc(F)cc3)s2)ccc1OCc1ccccc1. The molecule has 10 nitrogen and oxygen atoms in total. The topological polar surface area (TPSA) is 119 Å². The number of amides is 1. The fourth-order valence-electron chi connectivity index (χ4n) is 5.92. The first-order chi connectivity index (χ1) is 24.7. The summed E-state index contributed by atoms with van der Waals surface area (Å²) in [6.45, 7) is 6.17. The number of benzene rings is 3. The van der Waals surface area contributed by atoms with Gasteiger partial charge in [-0.1, -0.05) is 77.7 Å². The number of imidazole rings is 1. The number of ether oxygens (including phenoxy) is 2. The highest BCUT2D eigenvalue weighted by Crippen LogP contribution is 2.46. The quantitative estimate of drug-likeness (QED) is 0.0469. The Hall–Kier alpha value is -5.53. The van der Waals surface area contributed by atoms with Gasteiger partial charge in [0.15, 0.2) is 21.6 Å². The van der Waals surface area contributed by atoms with Crippen molar-refractivity contribution in [3.8, 4) is 11.5 Å². The van der Waals surface area contributed by atoms with E-state index in [2.05, 4.69) is 10.2 Å². The molecule has 0 bridgehead atoms. The van der Waals surface area contributed by atoms with Gasteiger partial charge in [-0.3, -0.25) is 14.5 Å². The molecule has 3 aromatic carbocycles. The molecule has 1 fully saturated rings. The third-order valence-corrected chi connectivity index (χ3v) is 10.6. The number of thioether (sulfide) groups is 1. The number of aryl methyl sites for hydroxylation is 2. The van der Waals surface area contributed by atoms with Crippen molar-refractivity contribution in [3.05, 3.63) is 136 Å². The van der Waals surface area contributed by atoms with E-state index in [0.717, 1.165) is 28.0 Å². The summed E-state index contributed by atoms with van der Waals surface area (Å²) < 4.78 is 27.9. The fraction of sp³-hybridized carbons (Fsp3) is 0.184. The Morgan fingerprint density at radius 3 is 2.47 bits per heavy atom. The van der Waals surface area contributed by atoms with Crippen LogP contribution in [-0.4, -0.2) is 43.0 Å². The standard InChI is InChI=1S/C38H32FN5O5S2/c1-4-48-29-19-26(14-17-28(29)49-20-24-10-6-5-7-11-24)32-30(33(45)31-23(3)43-18-8-9-22(2)35(43)40-31)34(46)36(47)44(32)37-41-42-38(51-37)50-21-25-12-15-27(39)16-13-25/h5-19,32,45H,4,20-21H2,1-3H3. The predicted octanol–water partition coefficient (Wildman–Crippen LogP) is 7.84. The van der Waals surface area contributed by atoms with E-state index >= 15 is 0 Å². The molecule has 1 unspecified atom stereocenters. The van der Waals surface area contributed by atoms with Gasteiger partial charge in [0.2, 0.25) is 5.13 Å². The molecule has 3 aromatic heterocycles. The van der Waals surface area contributed by atoms with Gasteiger partial charge in [-0.05, 0) is 73.4 Å². The monoisotopic (exact) mass is 721 g/mol. The number of rotatable bonds is 11. The summed E-state index contributed by atoms with van der Waals surface area (Å²) >= 11 is 2.51. The van der Waals surface area contributed by atoms with Crippen LogP contribution in [0.5, 0.6) is 11.5 Å². The van der Waals surface area contributed by atoms with Crippen molar-refractivity contribution in [2.75, 3.05) is 11.5 Å². The third kappa shape index (κ3) is 6.69. The molecule has 6 aromatic rings.